The van der Waals surface area contributed by atoms with Crippen LogP contribution in [0, 0.1) is 13.8 Å². The van der Waals surface area contributed by atoms with Gasteiger partial charge in [0.2, 0.25) is 0 Å². The third-order valence-corrected chi connectivity index (χ3v) is 4.35. The van der Waals surface area contributed by atoms with Gasteiger partial charge in [-0.15, -0.1) is 5.10 Å². The molecule has 1 aromatic carbocycles. The molecule has 0 aliphatic rings. The molecule has 0 aliphatic carbocycles. The summed E-state index contributed by atoms with van der Waals surface area (Å²) in [7, 11) is 2.06. The van der Waals surface area contributed by atoms with Gasteiger partial charge in [0, 0.05) is 17.8 Å². The zero-order valence-corrected chi connectivity index (χ0v) is 14.3. The van der Waals surface area contributed by atoms with Crippen LogP contribution in [0.3, 0.4) is 0 Å². The van der Waals surface area contributed by atoms with Crippen molar-refractivity contribution < 1.29 is 0 Å². The maximum atomic E-state index is 4.71. The van der Waals surface area contributed by atoms with Crippen LogP contribution in [-0.4, -0.2) is 31.5 Å². The topological polar surface area (TPSA) is 54.8 Å². The van der Waals surface area contributed by atoms with Crippen LogP contribution in [0.5, 0.6) is 0 Å². The van der Waals surface area contributed by atoms with E-state index in [9.17, 15) is 0 Å². The minimum atomic E-state index is 0.693. The van der Waals surface area contributed by atoms with Crippen molar-refractivity contribution in [3.8, 4) is 11.3 Å². The lowest BCUT2D eigenvalue weighted by atomic mass is 10.1. The molecule has 23 heavy (non-hydrogen) atoms. The summed E-state index contributed by atoms with van der Waals surface area (Å²) < 4.78 is 3.98. The van der Waals surface area contributed by atoms with Gasteiger partial charge < -0.3 is 0 Å². The summed E-state index contributed by atoms with van der Waals surface area (Å²) >= 11 is 1.45. The highest BCUT2D eigenvalue weighted by Crippen LogP contribution is 2.18. The molecule has 0 unspecified atom stereocenters. The Bertz CT molecular complexity index is 785. The Morgan fingerprint density at radius 2 is 1.83 bits per heavy atom. The molecule has 2 aromatic heterocycles. The van der Waals surface area contributed by atoms with Gasteiger partial charge in [-0.2, -0.15) is 0 Å². The average Bonchev–Trinajstić information content (AvgIpc) is 2.92. The standard InChI is InChI=1S/C17H19N5S/c1-12-9-15(14-7-5-4-6-8-14)19-17(18-12)11-22(3)10-16-13(2)20-21-23-16/h4-9H,10-11H2,1-3H3. The molecule has 3 aromatic rings. The van der Waals surface area contributed by atoms with Gasteiger partial charge in [0.25, 0.3) is 0 Å². The van der Waals surface area contributed by atoms with Gasteiger partial charge in [0.15, 0.2) is 0 Å². The van der Waals surface area contributed by atoms with E-state index in [-0.39, 0.29) is 0 Å². The van der Waals surface area contributed by atoms with E-state index in [1.807, 2.05) is 38.1 Å². The molecular formula is C17H19N5S. The summed E-state index contributed by atoms with van der Waals surface area (Å²) in [6, 6.07) is 12.2. The Morgan fingerprint density at radius 3 is 2.52 bits per heavy atom. The zero-order valence-electron chi connectivity index (χ0n) is 13.5. The smallest absolute Gasteiger partial charge is 0.143 e. The average molecular weight is 325 g/mol. The van der Waals surface area contributed by atoms with Crippen LogP contribution < -0.4 is 0 Å². The van der Waals surface area contributed by atoms with E-state index >= 15 is 0 Å². The zero-order chi connectivity index (χ0) is 16.2. The SMILES string of the molecule is Cc1cc(-c2ccccc2)nc(CN(C)Cc2snnc2C)n1. The summed E-state index contributed by atoms with van der Waals surface area (Å²) in [5, 5.41) is 4.06. The second-order valence-corrected chi connectivity index (χ2v) is 6.47. The molecule has 0 saturated heterocycles. The quantitative estimate of drug-likeness (QED) is 0.721. The van der Waals surface area contributed by atoms with Gasteiger partial charge in [-0.25, -0.2) is 9.97 Å². The highest BCUT2D eigenvalue weighted by Gasteiger charge is 2.10. The van der Waals surface area contributed by atoms with Crippen LogP contribution in [0.15, 0.2) is 36.4 Å². The van der Waals surface area contributed by atoms with E-state index in [0.29, 0.717) is 6.54 Å². The van der Waals surface area contributed by atoms with Crippen molar-refractivity contribution in [1.82, 2.24) is 24.5 Å². The van der Waals surface area contributed by atoms with Gasteiger partial charge in [-0.05, 0) is 38.5 Å². The predicted octanol–water partition coefficient (Wildman–Crippen LogP) is 3.24. The summed E-state index contributed by atoms with van der Waals surface area (Å²) in [5.74, 6) is 0.835. The Labute approximate surface area is 140 Å². The normalized spacial score (nSPS) is 11.1. The van der Waals surface area contributed by atoms with Crippen molar-refractivity contribution in [2.24, 2.45) is 0 Å². The minimum absolute atomic E-state index is 0.693. The first-order valence-electron chi connectivity index (χ1n) is 7.48. The van der Waals surface area contributed by atoms with Crippen molar-refractivity contribution in [3.05, 3.63) is 58.5 Å². The summed E-state index contributed by atoms with van der Waals surface area (Å²) in [6.45, 7) is 5.50. The van der Waals surface area contributed by atoms with E-state index in [2.05, 4.69) is 38.7 Å². The van der Waals surface area contributed by atoms with Gasteiger partial charge >= 0.3 is 0 Å². The molecule has 5 nitrogen and oxygen atoms in total. The Balaban J connectivity index is 1.78. The largest absolute Gasteiger partial charge is 0.294 e. The van der Waals surface area contributed by atoms with Crippen LogP contribution in [0.2, 0.25) is 0 Å². The minimum Gasteiger partial charge on any atom is -0.294 e. The van der Waals surface area contributed by atoms with Crippen molar-refractivity contribution >= 4 is 11.5 Å². The monoisotopic (exact) mass is 325 g/mol. The fourth-order valence-corrected chi connectivity index (χ4v) is 3.11. The van der Waals surface area contributed by atoms with Crippen LogP contribution in [0.25, 0.3) is 11.3 Å². The molecule has 2 heterocycles. The summed E-state index contributed by atoms with van der Waals surface area (Å²) in [4.78, 5) is 12.7. The van der Waals surface area contributed by atoms with Crippen molar-refractivity contribution in [2.45, 2.75) is 26.9 Å². The van der Waals surface area contributed by atoms with Crippen LogP contribution >= 0.6 is 11.5 Å². The van der Waals surface area contributed by atoms with Crippen LogP contribution in [-0.2, 0) is 13.1 Å². The molecule has 0 spiro atoms. The first-order chi connectivity index (χ1) is 11.1. The lowest BCUT2D eigenvalue weighted by molar-refractivity contribution is 0.312. The molecule has 0 saturated carbocycles. The highest BCUT2D eigenvalue weighted by atomic mass is 32.1. The first kappa shape index (κ1) is 15.7. The first-order valence-corrected chi connectivity index (χ1v) is 8.25. The molecule has 6 heteroatoms. The van der Waals surface area contributed by atoms with Crippen LogP contribution in [0.4, 0.5) is 0 Å². The number of aromatic nitrogens is 4. The van der Waals surface area contributed by atoms with Gasteiger partial charge in [-0.1, -0.05) is 34.8 Å². The molecule has 0 aliphatic heterocycles. The molecule has 0 radical (unpaired) electrons. The molecular weight excluding hydrogens is 306 g/mol. The van der Waals surface area contributed by atoms with Crippen molar-refractivity contribution in [1.29, 1.82) is 0 Å². The number of hydrogen-bond donors (Lipinski definition) is 0. The molecule has 0 N–H and O–H groups in total. The number of rotatable bonds is 5. The maximum Gasteiger partial charge on any atom is 0.143 e. The fourth-order valence-electron chi connectivity index (χ4n) is 2.40. The van der Waals surface area contributed by atoms with Gasteiger partial charge in [-0.3, -0.25) is 4.90 Å². The molecule has 0 bridgehead atoms. The van der Waals surface area contributed by atoms with Gasteiger partial charge in [0.05, 0.1) is 22.8 Å². The second kappa shape index (κ2) is 6.93. The van der Waals surface area contributed by atoms with E-state index in [1.54, 1.807) is 0 Å². The molecule has 3 rings (SSSR count). The maximum absolute atomic E-state index is 4.71. The Hall–Kier alpha value is -2.18. The van der Waals surface area contributed by atoms with E-state index in [1.165, 1.54) is 16.4 Å². The lowest BCUT2D eigenvalue weighted by Crippen LogP contribution is -2.19. The summed E-state index contributed by atoms with van der Waals surface area (Å²) in [6.07, 6.45) is 0. The number of hydrogen-bond acceptors (Lipinski definition) is 6. The molecule has 118 valence electrons. The number of nitrogens with zero attached hydrogens (tertiary/aromatic N) is 5. The fraction of sp³-hybridized carbons (Fsp3) is 0.294. The number of benzene rings is 1. The molecule has 0 amide bonds. The third kappa shape index (κ3) is 3.97. The van der Waals surface area contributed by atoms with Gasteiger partial charge in [0.1, 0.15) is 5.82 Å². The predicted molar refractivity (Wildman–Crippen MR) is 92.0 cm³/mol. The van der Waals surface area contributed by atoms with Crippen molar-refractivity contribution in [3.63, 3.8) is 0 Å². The second-order valence-electron chi connectivity index (χ2n) is 5.63. The van der Waals surface area contributed by atoms with E-state index in [4.69, 9.17) is 4.98 Å². The van der Waals surface area contributed by atoms with Crippen LogP contribution in [0.1, 0.15) is 22.1 Å². The lowest BCUT2D eigenvalue weighted by Gasteiger charge is -2.15. The highest BCUT2D eigenvalue weighted by molar-refractivity contribution is 7.05. The molecule has 0 atom stereocenters. The molecule has 0 fully saturated rings. The number of aryl methyl sites for hydroxylation is 2. The Kier molecular flexibility index (Phi) is 4.73. The van der Waals surface area contributed by atoms with Crippen molar-refractivity contribution in [2.75, 3.05) is 7.05 Å². The van der Waals surface area contributed by atoms with E-state index in [0.717, 1.165) is 35.0 Å². The van der Waals surface area contributed by atoms with E-state index < -0.39 is 0 Å². The summed E-state index contributed by atoms with van der Waals surface area (Å²) in [5.41, 5.74) is 4.07. The third-order valence-electron chi connectivity index (χ3n) is 3.54. The Morgan fingerprint density at radius 1 is 1.04 bits per heavy atom.